The summed E-state index contributed by atoms with van der Waals surface area (Å²) < 4.78 is 5.34. The Kier molecular flexibility index (Phi) is 5.92. The van der Waals surface area contributed by atoms with Crippen LogP contribution in [0.5, 0.6) is 0 Å². The Morgan fingerprint density at radius 3 is 2.48 bits per heavy atom. The highest BCUT2D eigenvalue weighted by atomic mass is 32.3. The first kappa shape index (κ1) is 20.3. The van der Waals surface area contributed by atoms with E-state index >= 15 is 0 Å². The number of nitrogens with zero attached hydrogens (tertiary/aromatic N) is 2. The number of carbonyl (C=O) groups excluding carboxylic acids is 1. The minimum Gasteiger partial charge on any atom is -0.306 e. The molecule has 1 amide bonds. The van der Waals surface area contributed by atoms with Gasteiger partial charge in [-0.2, -0.15) is 0 Å². The summed E-state index contributed by atoms with van der Waals surface area (Å²) in [5.41, 5.74) is 2.72. The van der Waals surface area contributed by atoms with Gasteiger partial charge in [0.1, 0.15) is 5.82 Å². The average Bonchev–Trinajstić information content (AvgIpc) is 3.34. The minimum atomic E-state index is -0.121. The van der Waals surface area contributed by atoms with Crippen LogP contribution >= 0.6 is 70.6 Å². The van der Waals surface area contributed by atoms with Crippen molar-refractivity contribution in [2.45, 2.75) is 13.8 Å². The maximum absolute atomic E-state index is 12.8. The highest BCUT2D eigenvalue weighted by molar-refractivity contribution is 8.43. The van der Waals surface area contributed by atoms with E-state index in [4.69, 9.17) is 0 Å². The highest BCUT2D eigenvalue weighted by Crippen LogP contribution is 2.63. The summed E-state index contributed by atoms with van der Waals surface area (Å²) in [7, 11) is 0. The normalized spacial score (nSPS) is 19.0. The molecule has 2 aromatic rings. The molecule has 0 spiro atoms. The van der Waals surface area contributed by atoms with Crippen LogP contribution in [0, 0.1) is 13.8 Å². The Bertz CT molecular complexity index is 1120. The molecule has 0 atom stereocenters. The highest BCUT2D eigenvalue weighted by Gasteiger charge is 2.30. The number of anilines is 1. The topological polar surface area (TPSA) is 54.9 Å². The van der Waals surface area contributed by atoms with Crippen LogP contribution in [0.3, 0.4) is 0 Å². The fourth-order valence-electron chi connectivity index (χ4n) is 2.93. The number of nitrogens with one attached hydrogen (secondary N) is 1. The van der Waals surface area contributed by atoms with Crippen molar-refractivity contribution in [1.82, 2.24) is 9.97 Å². The molecule has 3 aliphatic rings. The Morgan fingerprint density at radius 1 is 0.966 bits per heavy atom. The molecule has 5 heterocycles. The van der Waals surface area contributed by atoms with Gasteiger partial charge in [-0.3, -0.25) is 4.79 Å². The van der Waals surface area contributed by atoms with Gasteiger partial charge in [-0.05, 0) is 43.0 Å². The summed E-state index contributed by atoms with van der Waals surface area (Å²) in [5, 5.41) is 5.88. The lowest BCUT2D eigenvalue weighted by molar-refractivity contribution is -0.112. The molecule has 0 bridgehead atoms. The molecule has 3 aliphatic heterocycles. The summed E-state index contributed by atoms with van der Waals surface area (Å²) in [6.45, 7) is 4.00. The van der Waals surface area contributed by atoms with Crippen LogP contribution in [0.4, 0.5) is 5.82 Å². The molecular formula is C19H15N3OS6. The molecule has 148 valence electrons. The molecule has 29 heavy (non-hydrogen) atoms. The minimum absolute atomic E-state index is 0.121. The molecule has 0 saturated heterocycles. The Labute approximate surface area is 194 Å². The SMILES string of the molecule is Cc1cc(C)c2ccc(NC(=O)C3=CSC(=C4SC5=C(SCCS5)S4)S3)nc2n1. The number of hydrogen-bond acceptors (Lipinski definition) is 9. The molecule has 1 N–H and O–H groups in total. The number of amides is 1. The Hall–Kier alpha value is -0.650. The molecular weight excluding hydrogens is 479 g/mol. The monoisotopic (exact) mass is 493 g/mol. The number of pyridine rings is 2. The zero-order valence-electron chi connectivity index (χ0n) is 15.5. The molecule has 0 aromatic carbocycles. The molecule has 5 rings (SSSR count). The van der Waals surface area contributed by atoms with Crippen LogP contribution in [0.15, 0.2) is 45.5 Å². The van der Waals surface area contributed by atoms with Crippen molar-refractivity contribution < 1.29 is 4.79 Å². The van der Waals surface area contributed by atoms with E-state index < -0.39 is 0 Å². The fourth-order valence-corrected chi connectivity index (χ4v) is 11.4. The van der Waals surface area contributed by atoms with Crippen molar-refractivity contribution >= 4 is 93.3 Å². The number of thioether (sulfide) groups is 6. The number of hydrogen-bond donors (Lipinski definition) is 1. The van der Waals surface area contributed by atoms with Gasteiger partial charge in [0.05, 0.1) is 21.9 Å². The van der Waals surface area contributed by atoms with Crippen molar-refractivity contribution in [3.05, 3.63) is 56.7 Å². The summed E-state index contributed by atoms with van der Waals surface area (Å²) in [6.07, 6.45) is 0. The lowest BCUT2D eigenvalue weighted by Crippen LogP contribution is -2.13. The predicted octanol–water partition coefficient (Wildman–Crippen LogP) is 6.72. The second-order valence-electron chi connectivity index (χ2n) is 6.36. The standard InChI is InChI=1S/C19H15N3OS6/c1-9-7-10(2)20-14-11(9)3-4-13(21-14)22-15(23)12-8-26-18(27-12)19-28-16-17(29-19)25-6-5-24-16/h3-4,7-8H,5-6H2,1-2H3,(H,20,21,22,23). The van der Waals surface area contributed by atoms with Crippen LogP contribution in [-0.2, 0) is 4.79 Å². The van der Waals surface area contributed by atoms with Crippen molar-refractivity contribution in [2.24, 2.45) is 0 Å². The van der Waals surface area contributed by atoms with Crippen LogP contribution in [0.1, 0.15) is 11.3 Å². The van der Waals surface area contributed by atoms with Crippen molar-refractivity contribution in [2.75, 3.05) is 16.8 Å². The van der Waals surface area contributed by atoms with Crippen molar-refractivity contribution in [3.63, 3.8) is 0 Å². The number of rotatable bonds is 2. The average molecular weight is 494 g/mol. The van der Waals surface area contributed by atoms with E-state index in [1.807, 2.05) is 84.5 Å². The van der Waals surface area contributed by atoms with E-state index in [-0.39, 0.29) is 5.91 Å². The largest absolute Gasteiger partial charge is 0.306 e. The van der Waals surface area contributed by atoms with Gasteiger partial charge in [-0.15, -0.1) is 23.5 Å². The second kappa shape index (κ2) is 8.47. The summed E-state index contributed by atoms with van der Waals surface area (Å²) in [6, 6.07) is 5.85. The smallest absolute Gasteiger partial charge is 0.264 e. The third kappa shape index (κ3) is 4.24. The Balaban J connectivity index is 1.29. The number of fused-ring (bicyclic) bond motifs is 1. The molecule has 0 saturated carbocycles. The van der Waals surface area contributed by atoms with E-state index in [1.165, 1.54) is 28.5 Å². The molecule has 0 radical (unpaired) electrons. The zero-order chi connectivity index (χ0) is 20.0. The van der Waals surface area contributed by atoms with Gasteiger partial charge >= 0.3 is 0 Å². The molecule has 2 aromatic heterocycles. The van der Waals surface area contributed by atoms with Gasteiger partial charge in [-0.1, -0.05) is 47.0 Å². The van der Waals surface area contributed by atoms with E-state index in [0.29, 0.717) is 16.4 Å². The first-order valence-electron chi connectivity index (χ1n) is 8.78. The van der Waals surface area contributed by atoms with Crippen molar-refractivity contribution in [3.8, 4) is 0 Å². The fraction of sp³-hybridized carbons (Fsp3) is 0.211. The van der Waals surface area contributed by atoms with E-state index in [2.05, 4.69) is 15.3 Å². The number of aromatic nitrogens is 2. The lowest BCUT2D eigenvalue weighted by atomic mass is 10.1. The maximum atomic E-state index is 12.8. The first-order chi connectivity index (χ1) is 14.1. The molecule has 0 unspecified atom stereocenters. The lowest BCUT2D eigenvalue weighted by Gasteiger charge is -2.08. The molecule has 4 nitrogen and oxygen atoms in total. The molecule has 0 aliphatic carbocycles. The van der Waals surface area contributed by atoms with Gasteiger partial charge in [0.15, 0.2) is 5.65 Å². The number of carbonyl (C=O) groups is 1. The van der Waals surface area contributed by atoms with Gasteiger partial charge in [0.25, 0.3) is 5.91 Å². The molecule has 10 heteroatoms. The van der Waals surface area contributed by atoms with E-state index in [1.54, 1.807) is 23.5 Å². The van der Waals surface area contributed by atoms with Crippen LogP contribution < -0.4 is 5.32 Å². The second-order valence-corrected chi connectivity index (χ2v) is 13.6. The van der Waals surface area contributed by atoms with Crippen LogP contribution in [0.2, 0.25) is 0 Å². The van der Waals surface area contributed by atoms with Crippen LogP contribution in [0.25, 0.3) is 11.0 Å². The number of aryl methyl sites for hydroxylation is 2. The summed E-state index contributed by atoms with van der Waals surface area (Å²) >= 11 is 10.8. The summed E-state index contributed by atoms with van der Waals surface area (Å²) in [4.78, 5) is 22.5. The third-order valence-corrected chi connectivity index (χ3v) is 12.9. The quantitative estimate of drug-likeness (QED) is 0.491. The summed E-state index contributed by atoms with van der Waals surface area (Å²) in [5.74, 6) is 2.77. The van der Waals surface area contributed by atoms with Gasteiger partial charge in [0.2, 0.25) is 0 Å². The van der Waals surface area contributed by atoms with Crippen LogP contribution in [-0.4, -0.2) is 27.4 Å². The zero-order valence-corrected chi connectivity index (χ0v) is 20.4. The van der Waals surface area contributed by atoms with Crippen molar-refractivity contribution in [1.29, 1.82) is 0 Å². The Morgan fingerprint density at radius 2 is 1.72 bits per heavy atom. The maximum Gasteiger partial charge on any atom is 0.264 e. The predicted molar refractivity (Wildman–Crippen MR) is 135 cm³/mol. The van der Waals surface area contributed by atoms with E-state index in [0.717, 1.165) is 16.6 Å². The van der Waals surface area contributed by atoms with Gasteiger partial charge in [-0.25, -0.2) is 9.97 Å². The van der Waals surface area contributed by atoms with E-state index in [9.17, 15) is 4.79 Å². The van der Waals surface area contributed by atoms with Gasteiger partial charge in [0, 0.05) is 22.6 Å². The van der Waals surface area contributed by atoms with Gasteiger partial charge < -0.3 is 5.32 Å². The third-order valence-electron chi connectivity index (χ3n) is 4.20. The molecule has 0 fully saturated rings. The first-order valence-corrected chi connectivity index (χ1v) is 14.1.